The Bertz CT molecular complexity index is 317. The number of terminal acetylenes is 1. The Kier molecular flexibility index (Phi) is 6.37. The van der Waals surface area contributed by atoms with Crippen molar-refractivity contribution < 1.29 is 9.53 Å². The molecule has 1 fully saturated rings. The third kappa shape index (κ3) is 4.79. The van der Waals surface area contributed by atoms with Crippen LogP contribution in [-0.4, -0.2) is 54.3 Å². The van der Waals surface area contributed by atoms with Crippen molar-refractivity contribution in [2.75, 3.05) is 37.7 Å². The predicted octanol–water partition coefficient (Wildman–Crippen LogP) is 1.56. The molecule has 102 valence electrons. The summed E-state index contributed by atoms with van der Waals surface area (Å²) in [6.45, 7) is 6.73. The van der Waals surface area contributed by atoms with Gasteiger partial charge in [0.25, 0.3) is 0 Å². The Hall–Kier alpha value is -0.860. The van der Waals surface area contributed by atoms with Crippen LogP contribution in [0.1, 0.15) is 20.3 Å². The van der Waals surface area contributed by atoms with Crippen LogP contribution >= 0.6 is 11.8 Å². The molecule has 18 heavy (non-hydrogen) atoms. The van der Waals surface area contributed by atoms with Gasteiger partial charge in [-0.15, -0.1) is 18.2 Å². The fraction of sp³-hybridized carbons (Fsp3) is 0.769. The van der Waals surface area contributed by atoms with Gasteiger partial charge in [0.1, 0.15) is 0 Å². The minimum atomic E-state index is -0.201. The highest BCUT2D eigenvalue weighted by molar-refractivity contribution is 7.99. The van der Waals surface area contributed by atoms with Gasteiger partial charge in [-0.25, -0.2) is 4.79 Å². The average Bonchev–Trinajstić information content (AvgIpc) is 2.38. The van der Waals surface area contributed by atoms with Crippen LogP contribution in [0.4, 0.5) is 4.79 Å². The molecule has 0 aromatic rings. The molecule has 5 heteroatoms. The molecule has 1 atom stereocenters. The standard InChI is InChI=1S/C13H22N2O2S/c1-4-9-18-10-6-14-12(16)15-7-8-17-13(3,5-2)11-15/h1H,5-11H2,2-3H3,(H,14,16). The first-order chi connectivity index (χ1) is 8.61. The summed E-state index contributed by atoms with van der Waals surface area (Å²) in [7, 11) is 0. The number of nitrogens with zero attached hydrogens (tertiary/aromatic N) is 1. The Balaban J connectivity index is 2.27. The highest BCUT2D eigenvalue weighted by Crippen LogP contribution is 2.20. The maximum atomic E-state index is 11.9. The number of carbonyl (C=O) groups is 1. The van der Waals surface area contributed by atoms with E-state index in [1.54, 1.807) is 11.8 Å². The van der Waals surface area contributed by atoms with E-state index >= 15 is 0 Å². The van der Waals surface area contributed by atoms with Crippen LogP contribution in [0.25, 0.3) is 0 Å². The fourth-order valence-electron chi connectivity index (χ4n) is 1.79. The van der Waals surface area contributed by atoms with Gasteiger partial charge in [-0.1, -0.05) is 12.8 Å². The van der Waals surface area contributed by atoms with E-state index in [9.17, 15) is 4.79 Å². The molecular weight excluding hydrogens is 248 g/mol. The maximum Gasteiger partial charge on any atom is 0.317 e. The number of carbonyl (C=O) groups excluding carboxylic acids is 1. The lowest BCUT2D eigenvalue weighted by molar-refractivity contribution is -0.0872. The summed E-state index contributed by atoms with van der Waals surface area (Å²) in [5.41, 5.74) is -0.201. The average molecular weight is 270 g/mol. The Labute approximate surface area is 114 Å². The summed E-state index contributed by atoms with van der Waals surface area (Å²) in [4.78, 5) is 13.8. The number of hydrogen-bond donors (Lipinski definition) is 1. The lowest BCUT2D eigenvalue weighted by Gasteiger charge is -2.39. The van der Waals surface area contributed by atoms with Crippen LogP contribution in [0, 0.1) is 12.3 Å². The van der Waals surface area contributed by atoms with E-state index < -0.39 is 0 Å². The maximum absolute atomic E-state index is 11.9. The smallest absolute Gasteiger partial charge is 0.317 e. The van der Waals surface area contributed by atoms with Crippen LogP contribution in [0.2, 0.25) is 0 Å². The van der Waals surface area contributed by atoms with Crippen molar-refractivity contribution in [2.24, 2.45) is 0 Å². The Morgan fingerprint density at radius 2 is 2.44 bits per heavy atom. The van der Waals surface area contributed by atoms with Crippen LogP contribution in [0.15, 0.2) is 0 Å². The van der Waals surface area contributed by atoms with Crippen molar-refractivity contribution in [2.45, 2.75) is 25.9 Å². The molecule has 0 aromatic heterocycles. The largest absolute Gasteiger partial charge is 0.372 e. The third-order valence-corrected chi connectivity index (χ3v) is 3.94. The fourth-order valence-corrected chi connectivity index (χ4v) is 2.30. The number of nitrogens with one attached hydrogen (secondary N) is 1. The van der Waals surface area contributed by atoms with Gasteiger partial charge in [-0.3, -0.25) is 0 Å². The minimum absolute atomic E-state index is 0.000664. The number of ether oxygens (including phenoxy) is 1. The van der Waals surface area contributed by atoms with Crippen LogP contribution in [0.5, 0.6) is 0 Å². The van der Waals surface area contributed by atoms with Crippen molar-refractivity contribution in [1.29, 1.82) is 0 Å². The number of hydrogen-bond acceptors (Lipinski definition) is 3. The van der Waals surface area contributed by atoms with E-state index in [4.69, 9.17) is 11.2 Å². The molecule has 0 saturated carbocycles. The topological polar surface area (TPSA) is 41.6 Å². The van der Waals surface area contributed by atoms with Crippen molar-refractivity contribution in [3.05, 3.63) is 0 Å². The zero-order valence-electron chi connectivity index (χ0n) is 11.2. The first kappa shape index (κ1) is 15.2. The minimum Gasteiger partial charge on any atom is -0.372 e. The lowest BCUT2D eigenvalue weighted by atomic mass is 10.0. The summed E-state index contributed by atoms with van der Waals surface area (Å²) < 4.78 is 5.70. The molecule has 0 bridgehead atoms. The Morgan fingerprint density at radius 3 is 3.11 bits per heavy atom. The molecular formula is C13H22N2O2S. The first-order valence-corrected chi connectivity index (χ1v) is 7.45. The predicted molar refractivity (Wildman–Crippen MR) is 75.8 cm³/mol. The van der Waals surface area contributed by atoms with Gasteiger partial charge in [0.05, 0.1) is 24.5 Å². The summed E-state index contributed by atoms with van der Waals surface area (Å²) in [6.07, 6.45) is 6.06. The van der Waals surface area contributed by atoms with E-state index in [0.717, 1.165) is 12.2 Å². The second kappa shape index (κ2) is 7.55. The van der Waals surface area contributed by atoms with E-state index in [0.29, 0.717) is 32.0 Å². The van der Waals surface area contributed by atoms with Crippen molar-refractivity contribution in [3.8, 4) is 12.3 Å². The molecule has 0 radical (unpaired) electrons. The first-order valence-electron chi connectivity index (χ1n) is 6.29. The van der Waals surface area contributed by atoms with Gasteiger partial charge in [0, 0.05) is 18.8 Å². The molecule has 0 aromatic carbocycles. The van der Waals surface area contributed by atoms with Crippen molar-refractivity contribution >= 4 is 17.8 Å². The molecule has 1 aliphatic heterocycles. The second-order valence-electron chi connectivity index (χ2n) is 4.56. The highest BCUT2D eigenvalue weighted by atomic mass is 32.2. The van der Waals surface area contributed by atoms with E-state index in [1.165, 1.54) is 0 Å². The monoisotopic (exact) mass is 270 g/mol. The molecule has 0 spiro atoms. The van der Waals surface area contributed by atoms with Gasteiger partial charge >= 0.3 is 6.03 Å². The normalized spacial score (nSPS) is 23.5. The van der Waals surface area contributed by atoms with Crippen molar-refractivity contribution in [3.63, 3.8) is 0 Å². The van der Waals surface area contributed by atoms with Gasteiger partial charge < -0.3 is 15.0 Å². The molecule has 1 N–H and O–H groups in total. The molecule has 0 aliphatic carbocycles. The van der Waals surface area contributed by atoms with Gasteiger partial charge in [-0.2, -0.15) is 0 Å². The summed E-state index contributed by atoms with van der Waals surface area (Å²) in [5, 5.41) is 2.92. The van der Waals surface area contributed by atoms with Gasteiger partial charge in [0.2, 0.25) is 0 Å². The zero-order valence-corrected chi connectivity index (χ0v) is 12.0. The molecule has 2 amide bonds. The zero-order chi connectivity index (χ0) is 13.4. The quantitative estimate of drug-likeness (QED) is 0.609. The van der Waals surface area contributed by atoms with E-state index in [-0.39, 0.29) is 11.6 Å². The number of amides is 2. The van der Waals surface area contributed by atoms with Crippen LogP contribution in [-0.2, 0) is 4.74 Å². The molecule has 1 aliphatic rings. The van der Waals surface area contributed by atoms with Gasteiger partial charge in [-0.05, 0) is 13.3 Å². The Morgan fingerprint density at radius 1 is 1.67 bits per heavy atom. The van der Waals surface area contributed by atoms with Crippen molar-refractivity contribution in [1.82, 2.24) is 10.2 Å². The SMILES string of the molecule is C#CCSCCNC(=O)N1CCOC(C)(CC)C1. The van der Waals surface area contributed by atoms with Crippen LogP contribution in [0.3, 0.4) is 0 Å². The molecule has 1 unspecified atom stereocenters. The molecule has 4 nitrogen and oxygen atoms in total. The van der Waals surface area contributed by atoms with E-state index in [1.807, 2.05) is 4.90 Å². The molecule has 1 saturated heterocycles. The lowest BCUT2D eigenvalue weighted by Crippen LogP contribution is -2.54. The highest BCUT2D eigenvalue weighted by Gasteiger charge is 2.32. The molecule has 1 rings (SSSR count). The number of urea groups is 1. The molecule has 1 heterocycles. The second-order valence-corrected chi connectivity index (χ2v) is 5.67. The number of rotatable bonds is 5. The third-order valence-electron chi connectivity index (χ3n) is 3.08. The van der Waals surface area contributed by atoms with Crippen LogP contribution < -0.4 is 5.32 Å². The summed E-state index contributed by atoms with van der Waals surface area (Å²) >= 11 is 1.65. The van der Waals surface area contributed by atoms with Gasteiger partial charge in [0.15, 0.2) is 0 Å². The number of morpholine rings is 1. The summed E-state index contributed by atoms with van der Waals surface area (Å²) in [5.74, 6) is 4.11. The summed E-state index contributed by atoms with van der Waals surface area (Å²) in [6, 6.07) is -0.000664. The van der Waals surface area contributed by atoms with E-state index in [2.05, 4.69) is 25.1 Å². The number of thioether (sulfide) groups is 1.